The topological polar surface area (TPSA) is 105 Å². The average Bonchev–Trinajstić information content (AvgIpc) is 2.94. The summed E-state index contributed by atoms with van der Waals surface area (Å²) in [6.07, 6.45) is 0. The minimum Gasteiger partial charge on any atom is -0.497 e. The van der Waals surface area contributed by atoms with Crippen LogP contribution in [0.3, 0.4) is 0 Å². The van der Waals surface area contributed by atoms with E-state index in [1.165, 1.54) is 37.3 Å². The highest BCUT2D eigenvalue weighted by Gasteiger charge is 2.34. The Morgan fingerprint density at radius 2 is 1.55 bits per heavy atom. The van der Waals surface area contributed by atoms with Crippen molar-refractivity contribution in [1.29, 1.82) is 0 Å². The molecule has 214 valence electrons. The number of carbonyl (C=O) groups excluding carboxylic acids is 2. The third-order valence-corrected chi connectivity index (χ3v) is 8.11. The van der Waals surface area contributed by atoms with Gasteiger partial charge in [-0.05, 0) is 57.5 Å². The van der Waals surface area contributed by atoms with Crippen molar-refractivity contribution in [3.05, 3.63) is 83.9 Å². The van der Waals surface area contributed by atoms with Gasteiger partial charge in [0.05, 0.1) is 24.8 Å². The third-order valence-electron chi connectivity index (χ3n) is 6.34. The van der Waals surface area contributed by atoms with Gasteiger partial charge in [-0.3, -0.25) is 13.9 Å². The molecule has 2 amide bonds. The quantitative estimate of drug-likeness (QED) is 0.353. The molecule has 1 N–H and O–H groups in total. The fourth-order valence-electron chi connectivity index (χ4n) is 4.11. The van der Waals surface area contributed by atoms with E-state index in [2.05, 4.69) is 5.32 Å². The molecule has 0 fully saturated rings. The zero-order valence-electron chi connectivity index (χ0n) is 23.7. The lowest BCUT2D eigenvalue weighted by atomic mass is 10.1. The smallest absolute Gasteiger partial charge is 0.264 e. The van der Waals surface area contributed by atoms with Crippen LogP contribution in [0.5, 0.6) is 11.5 Å². The van der Waals surface area contributed by atoms with Gasteiger partial charge in [-0.25, -0.2) is 8.42 Å². The lowest BCUT2D eigenvalue weighted by Crippen LogP contribution is -2.52. The molecule has 0 bridgehead atoms. The number of methoxy groups -OCH3 is 2. The molecule has 3 aromatic rings. The second-order valence-electron chi connectivity index (χ2n) is 9.71. The fourth-order valence-corrected chi connectivity index (χ4v) is 5.53. The molecule has 0 aliphatic carbocycles. The molecule has 0 heterocycles. The molecule has 40 heavy (non-hydrogen) atoms. The van der Waals surface area contributed by atoms with Gasteiger partial charge in [-0.2, -0.15) is 0 Å². The Bertz CT molecular complexity index is 1410. The number of hydrogen-bond donors (Lipinski definition) is 1. The van der Waals surface area contributed by atoms with E-state index in [1.54, 1.807) is 31.2 Å². The zero-order chi connectivity index (χ0) is 29.4. The van der Waals surface area contributed by atoms with Crippen molar-refractivity contribution >= 4 is 27.5 Å². The van der Waals surface area contributed by atoms with E-state index in [0.29, 0.717) is 5.75 Å². The largest absolute Gasteiger partial charge is 0.497 e. The second-order valence-corrected chi connectivity index (χ2v) is 11.6. The van der Waals surface area contributed by atoms with E-state index in [4.69, 9.17) is 9.47 Å². The summed E-state index contributed by atoms with van der Waals surface area (Å²) in [5, 5.41) is 2.84. The number of hydrogen-bond acceptors (Lipinski definition) is 6. The predicted molar refractivity (Wildman–Crippen MR) is 155 cm³/mol. The molecular weight excluding hydrogens is 530 g/mol. The van der Waals surface area contributed by atoms with E-state index in [9.17, 15) is 18.0 Å². The number of amides is 2. The summed E-state index contributed by atoms with van der Waals surface area (Å²) in [5.41, 5.74) is 1.82. The van der Waals surface area contributed by atoms with E-state index in [-0.39, 0.29) is 34.8 Å². The number of carbonyl (C=O) groups is 2. The summed E-state index contributed by atoms with van der Waals surface area (Å²) in [6.45, 7) is 6.68. The Labute approximate surface area is 236 Å². The Morgan fingerprint density at radius 3 is 2.12 bits per heavy atom. The van der Waals surface area contributed by atoms with Crippen LogP contribution in [-0.2, 0) is 26.2 Å². The van der Waals surface area contributed by atoms with Crippen molar-refractivity contribution in [2.75, 3.05) is 25.1 Å². The van der Waals surface area contributed by atoms with Crippen molar-refractivity contribution in [2.24, 2.45) is 0 Å². The molecule has 0 aliphatic rings. The van der Waals surface area contributed by atoms with Gasteiger partial charge in [0.15, 0.2) is 0 Å². The molecular formula is C30H37N3O6S. The van der Waals surface area contributed by atoms with Gasteiger partial charge in [0.25, 0.3) is 10.0 Å². The lowest BCUT2D eigenvalue weighted by molar-refractivity contribution is -0.139. The van der Waals surface area contributed by atoms with E-state index >= 15 is 0 Å². The molecule has 0 saturated carbocycles. The average molecular weight is 568 g/mol. The highest BCUT2D eigenvalue weighted by atomic mass is 32.2. The van der Waals surface area contributed by atoms with Crippen LogP contribution in [0.2, 0.25) is 0 Å². The van der Waals surface area contributed by atoms with Crippen LogP contribution in [-0.4, -0.2) is 58.0 Å². The van der Waals surface area contributed by atoms with E-state index < -0.39 is 28.5 Å². The molecule has 0 aliphatic heterocycles. The summed E-state index contributed by atoms with van der Waals surface area (Å²) in [5.74, 6) is -0.273. The molecule has 0 unspecified atom stereocenters. The number of aryl methyl sites for hydroxylation is 1. The number of rotatable bonds is 12. The van der Waals surface area contributed by atoms with Crippen molar-refractivity contribution in [2.45, 2.75) is 51.2 Å². The van der Waals surface area contributed by atoms with E-state index in [0.717, 1.165) is 15.4 Å². The monoisotopic (exact) mass is 567 g/mol. The minimum atomic E-state index is -4.25. The first kappa shape index (κ1) is 30.5. The molecule has 0 saturated heterocycles. The van der Waals surface area contributed by atoms with Crippen LogP contribution in [0.25, 0.3) is 0 Å². The first-order valence-corrected chi connectivity index (χ1v) is 14.4. The van der Waals surface area contributed by atoms with Gasteiger partial charge >= 0.3 is 0 Å². The minimum absolute atomic E-state index is 0.0102. The Hall–Kier alpha value is -4.05. The van der Waals surface area contributed by atoms with Crippen molar-refractivity contribution in [1.82, 2.24) is 10.2 Å². The Morgan fingerprint density at radius 1 is 0.900 bits per heavy atom. The summed E-state index contributed by atoms with van der Waals surface area (Å²) < 4.78 is 40.0. The normalized spacial score (nSPS) is 12.0. The fraction of sp³-hybridized carbons (Fsp3) is 0.333. The summed E-state index contributed by atoms with van der Waals surface area (Å²) in [6, 6.07) is 19.3. The Kier molecular flexibility index (Phi) is 10.2. The van der Waals surface area contributed by atoms with Crippen LogP contribution in [0.4, 0.5) is 5.69 Å². The maximum Gasteiger partial charge on any atom is 0.264 e. The maximum absolute atomic E-state index is 14.1. The molecule has 3 aromatic carbocycles. The van der Waals surface area contributed by atoms with Crippen molar-refractivity contribution in [3.63, 3.8) is 0 Å². The maximum atomic E-state index is 14.1. The van der Waals surface area contributed by atoms with Crippen molar-refractivity contribution in [3.8, 4) is 11.5 Å². The Balaban J connectivity index is 2.11. The summed E-state index contributed by atoms with van der Waals surface area (Å²) in [4.78, 5) is 28.4. The van der Waals surface area contributed by atoms with Gasteiger partial charge in [0.2, 0.25) is 11.8 Å². The first-order chi connectivity index (χ1) is 19.0. The van der Waals surface area contributed by atoms with Gasteiger partial charge in [-0.1, -0.05) is 48.0 Å². The summed E-state index contributed by atoms with van der Waals surface area (Å²) in [7, 11) is -1.36. The lowest BCUT2D eigenvalue weighted by Gasteiger charge is -2.32. The number of ether oxygens (including phenoxy) is 2. The van der Waals surface area contributed by atoms with Crippen molar-refractivity contribution < 1.29 is 27.5 Å². The predicted octanol–water partition coefficient (Wildman–Crippen LogP) is 4.15. The molecule has 0 spiro atoms. The number of nitrogens with zero attached hydrogens (tertiary/aromatic N) is 2. The number of anilines is 1. The van der Waals surface area contributed by atoms with Crippen LogP contribution in [0.15, 0.2) is 77.7 Å². The SMILES string of the molecule is COc1ccc(OC)c(N(CC(=O)N(Cc2ccccc2)[C@H](C)C(=O)NC(C)C)S(=O)(=O)c2ccc(C)cc2)c1. The highest BCUT2D eigenvalue weighted by Crippen LogP contribution is 2.36. The zero-order valence-corrected chi connectivity index (χ0v) is 24.6. The molecule has 0 aromatic heterocycles. The standard InChI is InChI=1S/C30H37N3O6S/c1-21(2)31-30(35)23(4)32(19-24-10-8-7-9-11-24)29(34)20-33(27-18-25(38-5)14-17-28(27)39-6)40(36,37)26-15-12-22(3)13-16-26/h7-18,21,23H,19-20H2,1-6H3,(H,31,35)/t23-/m1/s1. The van der Waals surface area contributed by atoms with Gasteiger partial charge < -0.3 is 19.7 Å². The molecule has 9 nitrogen and oxygen atoms in total. The summed E-state index contributed by atoms with van der Waals surface area (Å²) >= 11 is 0. The molecule has 0 radical (unpaired) electrons. The van der Waals surface area contributed by atoms with Crippen LogP contribution in [0, 0.1) is 6.92 Å². The molecule has 10 heteroatoms. The van der Waals surface area contributed by atoms with Gasteiger partial charge in [0.1, 0.15) is 24.1 Å². The van der Waals surface area contributed by atoms with Gasteiger partial charge in [-0.15, -0.1) is 0 Å². The number of sulfonamides is 1. The third kappa shape index (κ3) is 7.32. The molecule has 3 rings (SSSR count). The molecule has 1 atom stereocenters. The van der Waals surface area contributed by atoms with Gasteiger partial charge in [0, 0.05) is 18.7 Å². The van der Waals surface area contributed by atoms with E-state index in [1.807, 2.05) is 51.1 Å². The number of nitrogens with one attached hydrogen (secondary N) is 1. The first-order valence-electron chi connectivity index (χ1n) is 12.9. The van der Waals surface area contributed by atoms with Crippen LogP contribution < -0.4 is 19.1 Å². The number of benzene rings is 3. The van der Waals surface area contributed by atoms with Crippen LogP contribution >= 0.6 is 0 Å². The second kappa shape index (κ2) is 13.3. The highest BCUT2D eigenvalue weighted by molar-refractivity contribution is 7.92. The van der Waals surface area contributed by atoms with Crippen LogP contribution in [0.1, 0.15) is 31.9 Å².